The number of nitrogens with two attached hydrogens (primary N) is 1. The van der Waals surface area contributed by atoms with Gasteiger partial charge in [0.1, 0.15) is 0 Å². The number of likely N-dealkylation sites (tertiary alicyclic amines) is 1. The maximum Gasteiger partial charge on any atom is 0.263 e. The largest absolute Gasteiger partial charge is 0.338 e. The van der Waals surface area contributed by atoms with Gasteiger partial charge in [0, 0.05) is 18.0 Å². The number of amides is 1. The van der Waals surface area contributed by atoms with Gasteiger partial charge in [-0.1, -0.05) is 0 Å². The van der Waals surface area contributed by atoms with E-state index >= 15 is 0 Å². The van der Waals surface area contributed by atoms with E-state index in [1.807, 2.05) is 11.0 Å². The molecular weight excluding hydrogens is 244 g/mol. The summed E-state index contributed by atoms with van der Waals surface area (Å²) in [6.07, 6.45) is 3.36. The minimum Gasteiger partial charge on any atom is -0.338 e. The van der Waals surface area contributed by atoms with Crippen molar-refractivity contribution in [1.82, 2.24) is 4.90 Å². The monoisotopic (exact) mass is 266 g/mol. The van der Waals surface area contributed by atoms with Gasteiger partial charge in [-0.25, -0.2) is 0 Å². The van der Waals surface area contributed by atoms with Gasteiger partial charge in [0.15, 0.2) is 0 Å². The lowest BCUT2D eigenvalue weighted by atomic mass is 9.95. The Hall–Kier alpha value is -0.870. The fourth-order valence-electron chi connectivity index (χ4n) is 2.56. The molecule has 2 heterocycles. The Morgan fingerprint density at radius 2 is 2.33 bits per heavy atom. The molecule has 0 aromatic carbocycles. The molecule has 1 aliphatic rings. The first kappa shape index (κ1) is 13.6. The van der Waals surface area contributed by atoms with Gasteiger partial charge >= 0.3 is 0 Å². The van der Waals surface area contributed by atoms with Crippen LogP contribution in [0.15, 0.2) is 6.07 Å². The molecular formula is C14H22N2OS. The molecule has 0 saturated carbocycles. The highest BCUT2D eigenvalue weighted by molar-refractivity contribution is 7.14. The summed E-state index contributed by atoms with van der Waals surface area (Å²) in [6, 6.07) is 2.02. The highest BCUT2D eigenvalue weighted by Crippen LogP contribution is 2.25. The minimum absolute atomic E-state index is 0.206. The molecule has 1 fully saturated rings. The molecule has 0 radical (unpaired) electrons. The van der Waals surface area contributed by atoms with Crippen molar-refractivity contribution in [3.05, 3.63) is 21.4 Å². The van der Waals surface area contributed by atoms with Crippen molar-refractivity contribution >= 4 is 17.2 Å². The molecule has 0 aliphatic carbocycles. The Morgan fingerprint density at radius 1 is 1.56 bits per heavy atom. The van der Waals surface area contributed by atoms with Gasteiger partial charge in [0.05, 0.1) is 4.88 Å². The van der Waals surface area contributed by atoms with E-state index in [0.717, 1.165) is 37.4 Å². The van der Waals surface area contributed by atoms with Crippen molar-refractivity contribution in [2.45, 2.75) is 33.1 Å². The third kappa shape index (κ3) is 2.93. The van der Waals surface area contributed by atoms with Gasteiger partial charge in [0.25, 0.3) is 5.91 Å². The number of aryl methyl sites for hydroxylation is 2. The molecule has 1 atom stereocenters. The maximum atomic E-state index is 12.4. The second kappa shape index (κ2) is 5.85. The van der Waals surface area contributed by atoms with Gasteiger partial charge in [-0.2, -0.15) is 0 Å². The van der Waals surface area contributed by atoms with Crippen molar-refractivity contribution < 1.29 is 4.79 Å². The van der Waals surface area contributed by atoms with Crippen LogP contribution in [0.4, 0.5) is 0 Å². The van der Waals surface area contributed by atoms with Gasteiger partial charge < -0.3 is 10.6 Å². The molecule has 18 heavy (non-hydrogen) atoms. The fraction of sp³-hybridized carbons (Fsp3) is 0.643. The zero-order valence-electron chi connectivity index (χ0n) is 11.2. The fourth-order valence-corrected chi connectivity index (χ4v) is 3.56. The molecule has 0 spiro atoms. The number of hydrogen-bond acceptors (Lipinski definition) is 3. The van der Waals surface area contributed by atoms with Crippen LogP contribution in [0.3, 0.4) is 0 Å². The van der Waals surface area contributed by atoms with Gasteiger partial charge in [-0.3, -0.25) is 4.79 Å². The lowest BCUT2D eigenvalue weighted by molar-refractivity contribution is 0.0674. The average molecular weight is 266 g/mol. The molecule has 100 valence electrons. The van der Waals surface area contributed by atoms with Gasteiger partial charge in [0.2, 0.25) is 0 Å². The number of thiophene rings is 1. The second-order valence-electron chi connectivity index (χ2n) is 5.19. The third-order valence-corrected chi connectivity index (χ3v) is 4.90. The smallest absolute Gasteiger partial charge is 0.263 e. The summed E-state index contributed by atoms with van der Waals surface area (Å²) in [5.41, 5.74) is 6.84. The average Bonchev–Trinajstić information content (AvgIpc) is 2.69. The number of nitrogens with zero attached hydrogens (tertiary/aromatic N) is 1. The molecule has 1 unspecified atom stereocenters. The molecule has 0 bridgehead atoms. The van der Waals surface area contributed by atoms with Crippen LogP contribution in [0, 0.1) is 19.8 Å². The van der Waals surface area contributed by atoms with Crippen LogP contribution in [-0.4, -0.2) is 30.4 Å². The third-order valence-electron chi connectivity index (χ3n) is 3.76. The highest BCUT2D eigenvalue weighted by Gasteiger charge is 2.25. The first-order valence-electron chi connectivity index (χ1n) is 6.68. The zero-order chi connectivity index (χ0) is 13.1. The molecule has 1 aliphatic heterocycles. The molecule has 1 aromatic heterocycles. The number of carbonyl (C=O) groups is 1. The first-order chi connectivity index (χ1) is 8.61. The lowest BCUT2D eigenvalue weighted by Crippen LogP contribution is -2.40. The molecule has 1 amide bonds. The maximum absolute atomic E-state index is 12.4. The number of hydrogen-bond donors (Lipinski definition) is 1. The predicted molar refractivity (Wildman–Crippen MR) is 76.1 cm³/mol. The summed E-state index contributed by atoms with van der Waals surface area (Å²) in [5, 5.41) is 0. The molecule has 2 rings (SSSR count). The van der Waals surface area contributed by atoms with E-state index in [1.165, 1.54) is 16.9 Å². The lowest BCUT2D eigenvalue weighted by Gasteiger charge is -2.32. The summed E-state index contributed by atoms with van der Waals surface area (Å²) in [5.74, 6) is 0.799. The highest BCUT2D eigenvalue weighted by atomic mass is 32.1. The van der Waals surface area contributed by atoms with Gasteiger partial charge in [-0.05, 0) is 57.2 Å². The van der Waals surface area contributed by atoms with Crippen LogP contribution in [0.1, 0.15) is 39.4 Å². The van der Waals surface area contributed by atoms with Crippen molar-refractivity contribution in [3.63, 3.8) is 0 Å². The SMILES string of the molecule is Cc1cc(C(=O)N2CCCC(CCN)C2)sc1C. The van der Waals surface area contributed by atoms with E-state index < -0.39 is 0 Å². The van der Waals surface area contributed by atoms with E-state index in [9.17, 15) is 4.79 Å². The van der Waals surface area contributed by atoms with Crippen LogP contribution in [-0.2, 0) is 0 Å². The Bertz CT molecular complexity index is 406. The Labute approximate surface area is 113 Å². The van der Waals surface area contributed by atoms with Crippen molar-refractivity contribution in [1.29, 1.82) is 0 Å². The molecule has 2 N–H and O–H groups in total. The predicted octanol–water partition coefficient (Wildman–Crippen LogP) is 2.57. The summed E-state index contributed by atoms with van der Waals surface area (Å²) >= 11 is 1.61. The van der Waals surface area contributed by atoms with Crippen LogP contribution in [0.5, 0.6) is 0 Å². The van der Waals surface area contributed by atoms with Crippen LogP contribution >= 0.6 is 11.3 Å². The number of carbonyl (C=O) groups excluding carboxylic acids is 1. The molecule has 4 heteroatoms. The van der Waals surface area contributed by atoms with Crippen molar-refractivity contribution in [2.24, 2.45) is 11.7 Å². The Kier molecular flexibility index (Phi) is 4.40. The number of rotatable bonds is 3. The first-order valence-corrected chi connectivity index (χ1v) is 7.50. The van der Waals surface area contributed by atoms with E-state index in [2.05, 4.69) is 13.8 Å². The quantitative estimate of drug-likeness (QED) is 0.914. The summed E-state index contributed by atoms with van der Waals surface area (Å²) in [7, 11) is 0. The zero-order valence-corrected chi connectivity index (χ0v) is 12.1. The van der Waals surface area contributed by atoms with E-state index in [4.69, 9.17) is 5.73 Å². The van der Waals surface area contributed by atoms with E-state index in [0.29, 0.717) is 5.92 Å². The van der Waals surface area contributed by atoms with Crippen molar-refractivity contribution in [3.8, 4) is 0 Å². The second-order valence-corrected chi connectivity index (χ2v) is 6.44. The van der Waals surface area contributed by atoms with Crippen LogP contribution < -0.4 is 5.73 Å². The summed E-state index contributed by atoms with van der Waals surface area (Å²) < 4.78 is 0. The van der Waals surface area contributed by atoms with Crippen LogP contribution in [0.25, 0.3) is 0 Å². The molecule has 1 saturated heterocycles. The van der Waals surface area contributed by atoms with E-state index in [1.54, 1.807) is 11.3 Å². The molecule has 3 nitrogen and oxygen atoms in total. The minimum atomic E-state index is 0.206. The summed E-state index contributed by atoms with van der Waals surface area (Å²) in [6.45, 7) is 6.64. The van der Waals surface area contributed by atoms with Crippen LogP contribution in [0.2, 0.25) is 0 Å². The molecule has 1 aromatic rings. The van der Waals surface area contributed by atoms with Crippen molar-refractivity contribution in [2.75, 3.05) is 19.6 Å². The number of piperidine rings is 1. The Balaban J connectivity index is 2.04. The Morgan fingerprint density at radius 3 is 2.94 bits per heavy atom. The summed E-state index contributed by atoms with van der Waals surface area (Å²) in [4.78, 5) is 16.6. The van der Waals surface area contributed by atoms with E-state index in [-0.39, 0.29) is 5.91 Å². The standard InChI is InChI=1S/C14H22N2OS/c1-10-8-13(18-11(10)2)14(17)16-7-3-4-12(9-16)5-6-15/h8,12H,3-7,9,15H2,1-2H3. The topological polar surface area (TPSA) is 46.3 Å². The van der Waals surface area contributed by atoms with Gasteiger partial charge in [-0.15, -0.1) is 11.3 Å². The normalized spacial score (nSPS) is 20.2.